The van der Waals surface area contributed by atoms with Crippen molar-refractivity contribution in [2.75, 3.05) is 7.05 Å². The molecule has 102 valence electrons. The van der Waals surface area contributed by atoms with Crippen molar-refractivity contribution in [3.63, 3.8) is 0 Å². The predicted octanol–water partition coefficient (Wildman–Crippen LogP) is 4.08. The Morgan fingerprint density at radius 1 is 0.895 bits per heavy atom. The molecule has 19 heavy (non-hydrogen) atoms. The zero-order valence-electron chi connectivity index (χ0n) is 11.2. The highest BCUT2D eigenvalue weighted by molar-refractivity contribution is 5.32. The van der Waals surface area contributed by atoms with Crippen molar-refractivity contribution in [2.24, 2.45) is 5.73 Å². The molecule has 0 fully saturated rings. The lowest BCUT2D eigenvalue weighted by molar-refractivity contribution is 0.617. The zero-order chi connectivity index (χ0) is 14.3. The van der Waals surface area contributed by atoms with Crippen molar-refractivity contribution in [3.8, 4) is 0 Å². The molecule has 2 N–H and O–H groups in total. The van der Waals surface area contributed by atoms with Gasteiger partial charge in [-0.1, -0.05) is 31.2 Å². The lowest BCUT2D eigenvalue weighted by Crippen LogP contribution is -2.00. The first-order chi connectivity index (χ1) is 9.20. The standard InChI is InChI=1S/C15H14F2.CH5N/c1-2-15(11-5-3-7-13(16)9-11)12-6-4-8-14(17)10-12;1-2/h3-10,15H,2H2,1H3;2H2,1H3. The fraction of sp³-hybridized carbons (Fsp3) is 0.250. The third-order valence-electron chi connectivity index (χ3n) is 2.91. The van der Waals surface area contributed by atoms with E-state index in [9.17, 15) is 8.78 Å². The highest BCUT2D eigenvalue weighted by Crippen LogP contribution is 2.28. The summed E-state index contributed by atoms with van der Waals surface area (Å²) >= 11 is 0. The molecule has 0 aliphatic rings. The van der Waals surface area contributed by atoms with E-state index >= 15 is 0 Å². The smallest absolute Gasteiger partial charge is 0.123 e. The SMILES string of the molecule is CCC(c1cccc(F)c1)c1cccc(F)c1.CN. The zero-order valence-corrected chi connectivity index (χ0v) is 11.2. The Balaban J connectivity index is 0.000000861. The molecule has 0 amide bonds. The van der Waals surface area contributed by atoms with Crippen molar-refractivity contribution in [2.45, 2.75) is 19.3 Å². The van der Waals surface area contributed by atoms with Gasteiger partial charge in [0.05, 0.1) is 0 Å². The van der Waals surface area contributed by atoms with Crippen LogP contribution in [0.5, 0.6) is 0 Å². The second-order valence-electron chi connectivity index (χ2n) is 4.07. The second-order valence-corrected chi connectivity index (χ2v) is 4.07. The van der Waals surface area contributed by atoms with E-state index in [-0.39, 0.29) is 17.6 Å². The number of nitrogens with two attached hydrogens (primary N) is 1. The van der Waals surface area contributed by atoms with Gasteiger partial charge in [-0.25, -0.2) is 8.78 Å². The minimum atomic E-state index is -0.252. The van der Waals surface area contributed by atoms with Gasteiger partial charge in [0.25, 0.3) is 0 Å². The third-order valence-corrected chi connectivity index (χ3v) is 2.91. The van der Waals surface area contributed by atoms with Crippen molar-refractivity contribution >= 4 is 0 Å². The molecular formula is C16H19F2N. The molecule has 0 saturated heterocycles. The van der Waals surface area contributed by atoms with Crippen LogP contribution in [-0.4, -0.2) is 7.05 Å². The molecule has 0 bridgehead atoms. The van der Waals surface area contributed by atoms with Gasteiger partial charge < -0.3 is 5.73 Å². The Hall–Kier alpha value is -1.74. The molecular weight excluding hydrogens is 244 g/mol. The van der Waals surface area contributed by atoms with Gasteiger partial charge in [-0.2, -0.15) is 0 Å². The van der Waals surface area contributed by atoms with E-state index < -0.39 is 0 Å². The molecule has 0 aliphatic heterocycles. The second kappa shape index (κ2) is 7.64. The summed E-state index contributed by atoms with van der Waals surface area (Å²) in [6.45, 7) is 2.01. The lowest BCUT2D eigenvalue weighted by Gasteiger charge is -2.16. The summed E-state index contributed by atoms with van der Waals surface area (Å²) in [6.07, 6.45) is 0.812. The highest BCUT2D eigenvalue weighted by atomic mass is 19.1. The molecule has 0 heterocycles. The molecule has 2 rings (SSSR count). The lowest BCUT2D eigenvalue weighted by atomic mass is 9.89. The molecule has 3 heteroatoms. The average molecular weight is 263 g/mol. The van der Waals surface area contributed by atoms with Crippen LogP contribution in [0.2, 0.25) is 0 Å². The molecule has 0 atom stereocenters. The van der Waals surface area contributed by atoms with Crippen LogP contribution in [0.25, 0.3) is 0 Å². The van der Waals surface area contributed by atoms with Crippen LogP contribution in [-0.2, 0) is 0 Å². The monoisotopic (exact) mass is 263 g/mol. The average Bonchev–Trinajstić information content (AvgIpc) is 2.42. The summed E-state index contributed by atoms with van der Waals surface area (Å²) in [7, 11) is 1.50. The maximum absolute atomic E-state index is 13.2. The largest absolute Gasteiger partial charge is 0.333 e. The topological polar surface area (TPSA) is 26.0 Å². The van der Waals surface area contributed by atoms with Gasteiger partial charge in [0, 0.05) is 5.92 Å². The first kappa shape index (κ1) is 15.3. The number of halogens is 2. The summed E-state index contributed by atoms with van der Waals surface area (Å²) in [5.74, 6) is -0.462. The Bertz CT molecular complexity index is 466. The van der Waals surface area contributed by atoms with Gasteiger partial charge in [0.15, 0.2) is 0 Å². The molecule has 0 radical (unpaired) electrons. The molecule has 0 aromatic heterocycles. The summed E-state index contributed by atoms with van der Waals surface area (Å²) in [5.41, 5.74) is 6.27. The van der Waals surface area contributed by atoms with Crippen LogP contribution in [0.4, 0.5) is 8.78 Å². The molecule has 0 unspecified atom stereocenters. The van der Waals surface area contributed by atoms with Crippen LogP contribution in [0.3, 0.4) is 0 Å². The quantitative estimate of drug-likeness (QED) is 0.887. The molecule has 0 spiro atoms. The van der Waals surface area contributed by atoms with Crippen LogP contribution >= 0.6 is 0 Å². The van der Waals surface area contributed by atoms with Gasteiger partial charge in [0.2, 0.25) is 0 Å². The Labute approximate surface area is 113 Å². The van der Waals surface area contributed by atoms with E-state index in [1.165, 1.54) is 31.3 Å². The van der Waals surface area contributed by atoms with Gasteiger partial charge in [-0.3, -0.25) is 0 Å². The van der Waals surface area contributed by atoms with Crippen molar-refractivity contribution in [1.82, 2.24) is 0 Å². The Morgan fingerprint density at radius 2 is 1.32 bits per heavy atom. The fourth-order valence-corrected chi connectivity index (χ4v) is 2.11. The van der Waals surface area contributed by atoms with Crippen LogP contribution in [0.15, 0.2) is 48.5 Å². The molecule has 2 aromatic carbocycles. The fourth-order valence-electron chi connectivity index (χ4n) is 2.11. The molecule has 2 aromatic rings. The van der Waals surface area contributed by atoms with Crippen molar-refractivity contribution in [3.05, 3.63) is 71.3 Å². The van der Waals surface area contributed by atoms with E-state index in [4.69, 9.17) is 0 Å². The van der Waals surface area contributed by atoms with Gasteiger partial charge in [0.1, 0.15) is 11.6 Å². The summed E-state index contributed by atoms with van der Waals surface area (Å²) < 4.78 is 26.4. The number of benzene rings is 2. The summed E-state index contributed by atoms with van der Waals surface area (Å²) in [6, 6.07) is 13.0. The van der Waals surface area contributed by atoms with Crippen molar-refractivity contribution < 1.29 is 8.78 Å². The predicted molar refractivity (Wildman–Crippen MR) is 75.0 cm³/mol. The normalized spacial score (nSPS) is 10.0. The third kappa shape index (κ3) is 4.14. The summed E-state index contributed by atoms with van der Waals surface area (Å²) in [4.78, 5) is 0. The van der Waals surface area contributed by atoms with Gasteiger partial charge in [-0.15, -0.1) is 0 Å². The molecule has 0 saturated carbocycles. The molecule has 1 nitrogen and oxygen atoms in total. The minimum Gasteiger partial charge on any atom is -0.333 e. The maximum atomic E-state index is 13.2. The highest BCUT2D eigenvalue weighted by Gasteiger charge is 2.13. The Kier molecular flexibility index (Phi) is 6.16. The van der Waals surface area contributed by atoms with Crippen LogP contribution in [0.1, 0.15) is 30.4 Å². The summed E-state index contributed by atoms with van der Waals surface area (Å²) in [5, 5.41) is 0. The number of hydrogen-bond acceptors (Lipinski definition) is 1. The first-order valence-electron chi connectivity index (χ1n) is 6.29. The van der Waals surface area contributed by atoms with E-state index in [0.29, 0.717) is 0 Å². The number of rotatable bonds is 3. The van der Waals surface area contributed by atoms with E-state index in [1.54, 1.807) is 12.1 Å². The van der Waals surface area contributed by atoms with E-state index in [2.05, 4.69) is 5.73 Å². The van der Waals surface area contributed by atoms with E-state index in [1.807, 2.05) is 19.1 Å². The molecule has 0 aliphatic carbocycles. The van der Waals surface area contributed by atoms with E-state index in [0.717, 1.165) is 17.5 Å². The Morgan fingerprint density at radius 3 is 1.63 bits per heavy atom. The van der Waals surface area contributed by atoms with Gasteiger partial charge >= 0.3 is 0 Å². The minimum absolute atomic E-state index is 0.0430. The van der Waals surface area contributed by atoms with Crippen LogP contribution in [0, 0.1) is 11.6 Å². The maximum Gasteiger partial charge on any atom is 0.123 e. The van der Waals surface area contributed by atoms with Gasteiger partial charge in [-0.05, 0) is 48.9 Å². The van der Waals surface area contributed by atoms with Crippen molar-refractivity contribution in [1.29, 1.82) is 0 Å². The van der Waals surface area contributed by atoms with Crippen LogP contribution < -0.4 is 5.73 Å². The first-order valence-corrected chi connectivity index (χ1v) is 6.29. The number of hydrogen-bond donors (Lipinski definition) is 1.